The summed E-state index contributed by atoms with van der Waals surface area (Å²) >= 11 is 0. The molecule has 0 atom stereocenters. The Kier molecular flexibility index (Phi) is 6.92. The largest absolute Gasteiger partial charge is 0.434 e. The maximum Gasteiger partial charge on any atom is 0.433 e. The van der Waals surface area contributed by atoms with Gasteiger partial charge < -0.3 is 4.42 Å². The smallest absolute Gasteiger partial charge is 0.433 e. The summed E-state index contributed by atoms with van der Waals surface area (Å²) < 4.78 is 84.0. The lowest BCUT2D eigenvalue weighted by atomic mass is 10.0. The minimum atomic E-state index is -4.75. The highest BCUT2D eigenvalue weighted by Crippen LogP contribution is 2.32. The fraction of sp³-hybridized carbons (Fsp3) is 0.120. The monoisotopic (exact) mass is 550 g/mol. The first-order valence-electron chi connectivity index (χ1n) is 10.7. The van der Waals surface area contributed by atoms with Gasteiger partial charge >= 0.3 is 12.4 Å². The number of halogens is 6. The number of hydrogen-bond acceptors (Lipinski definition) is 9. The number of nitrogens with zero attached hydrogens (tertiary/aromatic N) is 8. The molecule has 0 unspecified atom stereocenters. The van der Waals surface area contributed by atoms with Crippen LogP contribution in [0.3, 0.4) is 0 Å². The van der Waals surface area contributed by atoms with Crippen LogP contribution in [0.2, 0.25) is 0 Å². The third-order valence-corrected chi connectivity index (χ3v) is 5.38. The van der Waals surface area contributed by atoms with E-state index >= 15 is 0 Å². The molecule has 3 aromatic rings. The molecule has 4 rings (SSSR count). The molecule has 196 valence electrons. The maximum absolute atomic E-state index is 13.1. The van der Waals surface area contributed by atoms with Gasteiger partial charge in [-0.05, 0) is 24.3 Å². The molecule has 4 heterocycles. The van der Waals surface area contributed by atoms with Gasteiger partial charge in [0.1, 0.15) is 41.4 Å². The van der Waals surface area contributed by atoms with Crippen LogP contribution in [-0.2, 0) is 12.4 Å². The standard InChI is InChI=1S/C25H8F6N8O/c26-24(27,28)18-3-1-12(10-36-18)20-16(5-17(38-20)14(6-32)7-33)22-21(39-23(40-22)15(8-34)9-35)13-2-4-19(37-11-13)25(29,30)31/h1-4,10-11H,5H2/b22-16-. The number of aliphatic imine (C=N–C) groups is 1. The van der Waals surface area contributed by atoms with Crippen molar-refractivity contribution in [2.45, 2.75) is 18.8 Å². The van der Waals surface area contributed by atoms with Crippen LogP contribution in [0.5, 0.6) is 0 Å². The van der Waals surface area contributed by atoms with E-state index in [1.54, 1.807) is 24.3 Å². The van der Waals surface area contributed by atoms with Crippen molar-refractivity contribution in [3.63, 3.8) is 0 Å². The summed E-state index contributed by atoms with van der Waals surface area (Å²) in [6.45, 7) is 0. The van der Waals surface area contributed by atoms with Crippen molar-refractivity contribution in [2.75, 3.05) is 0 Å². The molecule has 3 aromatic heterocycles. The summed E-state index contributed by atoms with van der Waals surface area (Å²) in [6, 6.07) is 9.84. The molecule has 0 amide bonds. The van der Waals surface area contributed by atoms with Gasteiger partial charge in [0.15, 0.2) is 16.6 Å². The fourth-order valence-corrected chi connectivity index (χ4v) is 3.57. The highest BCUT2D eigenvalue weighted by atomic mass is 19.4. The molecule has 0 bridgehead atoms. The summed E-state index contributed by atoms with van der Waals surface area (Å²) in [5.74, 6) is 0. The highest BCUT2D eigenvalue weighted by molar-refractivity contribution is 6.30. The maximum atomic E-state index is 13.1. The Morgan fingerprint density at radius 2 is 1.27 bits per heavy atom. The summed E-state index contributed by atoms with van der Waals surface area (Å²) in [7, 11) is 0. The van der Waals surface area contributed by atoms with Crippen molar-refractivity contribution in [3.8, 4) is 35.5 Å². The number of allylic oxidation sites excluding steroid dienone is 2. The minimum Gasteiger partial charge on any atom is -0.434 e. The van der Waals surface area contributed by atoms with Crippen molar-refractivity contribution < 1.29 is 30.8 Å². The predicted molar refractivity (Wildman–Crippen MR) is 121 cm³/mol. The summed E-state index contributed by atoms with van der Waals surface area (Å²) in [6.07, 6.45) is -8.12. The molecule has 0 aromatic carbocycles. The third kappa shape index (κ3) is 5.13. The molecule has 0 spiro atoms. The molecule has 0 N–H and O–H groups in total. The SMILES string of the molecule is N#CC(C#N)=C1C/C(=c2/oc(=C(C#N)C#N)nc2-c2ccc(C(F)(F)F)nc2)C(c2ccc(C(F)(F)F)nc2)=N1. The third-order valence-electron chi connectivity index (χ3n) is 5.38. The first-order chi connectivity index (χ1) is 18.9. The van der Waals surface area contributed by atoms with Gasteiger partial charge in [-0.1, -0.05) is 0 Å². The van der Waals surface area contributed by atoms with E-state index < -0.39 is 40.4 Å². The van der Waals surface area contributed by atoms with Crippen molar-refractivity contribution in [1.82, 2.24) is 15.0 Å². The van der Waals surface area contributed by atoms with Crippen LogP contribution >= 0.6 is 0 Å². The van der Waals surface area contributed by atoms with Crippen molar-refractivity contribution in [1.29, 1.82) is 21.0 Å². The number of hydrogen-bond donors (Lipinski definition) is 0. The number of rotatable bonds is 2. The van der Waals surface area contributed by atoms with Crippen molar-refractivity contribution >= 4 is 16.9 Å². The lowest BCUT2D eigenvalue weighted by molar-refractivity contribution is -0.141. The first-order valence-corrected chi connectivity index (χ1v) is 10.7. The van der Waals surface area contributed by atoms with Gasteiger partial charge in [0.05, 0.1) is 11.4 Å². The molecule has 9 nitrogen and oxygen atoms in total. The zero-order valence-corrected chi connectivity index (χ0v) is 19.4. The zero-order chi connectivity index (χ0) is 29.2. The Morgan fingerprint density at radius 1 is 0.750 bits per heavy atom. The van der Waals surface area contributed by atoms with Crippen LogP contribution in [0.1, 0.15) is 23.4 Å². The van der Waals surface area contributed by atoms with E-state index in [1.165, 1.54) is 0 Å². The van der Waals surface area contributed by atoms with E-state index in [0.717, 1.165) is 24.5 Å². The summed E-state index contributed by atoms with van der Waals surface area (Å²) in [4.78, 5) is 15.1. The Bertz CT molecular complexity index is 1840. The molecular weight excluding hydrogens is 542 g/mol. The Labute approximate surface area is 219 Å². The number of oxazole rings is 1. The number of pyridine rings is 2. The zero-order valence-electron chi connectivity index (χ0n) is 19.4. The lowest BCUT2D eigenvalue weighted by Gasteiger charge is -2.07. The predicted octanol–water partition coefficient (Wildman–Crippen LogP) is 3.71. The molecule has 1 aliphatic heterocycles. The van der Waals surface area contributed by atoms with Crippen LogP contribution < -0.4 is 11.0 Å². The fourth-order valence-electron chi connectivity index (χ4n) is 3.57. The van der Waals surface area contributed by atoms with E-state index in [-0.39, 0.29) is 45.6 Å². The van der Waals surface area contributed by atoms with E-state index in [9.17, 15) is 47.4 Å². The van der Waals surface area contributed by atoms with Crippen LogP contribution in [0.4, 0.5) is 26.3 Å². The van der Waals surface area contributed by atoms with Gasteiger partial charge in [0.25, 0.3) is 0 Å². The molecule has 1 aliphatic rings. The molecule has 15 heteroatoms. The van der Waals surface area contributed by atoms with Gasteiger partial charge in [-0.2, -0.15) is 47.4 Å². The number of nitriles is 4. The van der Waals surface area contributed by atoms with Gasteiger partial charge in [-0.3, -0.25) is 9.97 Å². The van der Waals surface area contributed by atoms with Crippen LogP contribution in [0.15, 0.2) is 57.3 Å². The number of aromatic nitrogens is 3. The van der Waals surface area contributed by atoms with Crippen molar-refractivity contribution in [3.05, 3.63) is 75.8 Å². The van der Waals surface area contributed by atoms with Gasteiger partial charge in [0, 0.05) is 35.5 Å². The van der Waals surface area contributed by atoms with Crippen LogP contribution in [0, 0.1) is 45.3 Å². The molecule has 0 saturated heterocycles. The second-order valence-electron chi connectivity index (χ2n) is 7.82. The molecule has 0 saturated carbocycles. The van der Waals surface area contributed by atoms with Gasteiger partial charge in [-0.15, -0.1) is 0 Å². The van der Waals surface area contributed by atoms with E-state index in [4.69, 9.17) is 4.42 Å². The van der Waals surface area contributed by atoms with E-state index in [2.05, 4.69) is 19.9 Å². The second-order valence-corrected chi connectivity index (χ2v) is 7.82. The molecule has 0 aliphatic carbocycles. The topological polar surface area (TPSA) is 159 Å². The van der Waals surface area contributed by atoms with Gasteiger partial charge in [-0.25, -0.2) is 9.98 Å². The molecule has 40 heavy (non-hydrogen) atoms. The molecule has 0 radical (unpaired) electrons. The average molecular weight is 550 g/mol. The second kappa shape index (κ2) is 10.2. The summed E-state index contributed by atoms with van der Waals surface area (Å²) in [5.41, 5.74) is -4.52. The van der Waals surface area contributed by atoms with E-state index in [1.807, 2.05) is 0 Å². The summed E-state index contributed by atoms with van der Waals surface area (Å²) in [5, 5.41) is 37.2. The molecular formula is C25H8F6N8O. The van der Waals surface area contributed by atoms with Crippen molar-refractivity contribution in [2.24, 2.45) is 4.99 Å². The van der Waals surface area contributed by atoms with Crippen LogP contribution in [0.25, 0.3) is 22.4 Å². The Hall–Kier alpha value is -5.80. The molecule has 0 fully saturated rings. The average Bonchev–Trinajstić information content (AvgIpc) is 3.55. The highest BCUT2D eigenvalue weighted by Gasteiger charge is 2.34. The Balaban J connectivity index is 2.07. The van der Waals surface area contributed by atoms with Gasteiger partial charge in [0.2, 0.25) is 5.55 Å². The number of alkyl halides is 6. The first kappa shape index (κ1) is 27.2. The van der Waals surface area contributed by atoms with E-state index in [0.29, 0.717) is 12.1 Å². The normalized spacial score (nSPS) is 14.4. The quantitative estimate of drug-likeness (QED) is 0.345. The minimum absolute atomic E-state index is 0.00689. The lowest BCUT2D eigenvalue weighted by Crippen LogP contribution is -2.15. The van der Waals surface area contributed by atoms with Crippen LogP contribution in [-0.4, -0.2) is 20.7 Å². The Morgan fingerprint density at radius 3 is 1.73 bits per heavy atom.